The molecule has 0 rings (SSSR count). The topological polar surface area (TPSA) is 69.6 Å². The van der Waals surface area contributed by atoms with E-state index in [1.165, 1.54) is 0 Å². The molecule has 1 unspecified atom stereocenters. The molecular weight excluding hydrogens is 268 g/mol. The van der Waals surface area contributed by atoms with Crippen LogP contribution in [0.25, 0.3) is 0 Å². The molecule has 0 aliphatic rings. The lowest BCUT2D eigenvalue weighted by atomic mass is 10.1. The molecule has 0 aliphatic heterocycles. The molecular formula is C16H32N2O3. The first-order valence-electron chi connectivity index (χ1n) is 8.10. The number of nitrogens with one attached hydrogen (secondary N) is 1. The van der Waals surface area contributed by atoms with Crippen LogP contribution >= 0.6 is 0 Å². The summed E-state index contributed by atoms with van der Waals surface area (Å²) in [6.45, 7) is 11.1. The Balaban J connectivity index is 4.47. The van der Waals surface area contributed by atoms with Gasteiger partial charge in [-0.1, -0.05) is 27.7 Å². The fourth-order valence-corrected chi connectivity index (χ4v) is 2.45. The molecule has 0 radical (unpaired) electrons. The maximum absolute atomic E-state index is 12.4. The Labute approximate surface area is 129 Å². The van der Waals surface area contributed by atoms with E-state index in [2.05, 4.69) is 33.0 Å². The predicted octanol–water partition coefficient (Wildman–Crippen LogP) is 3.49. The van der Waals surface area contributed by atoms with E-state index in [1.807, 2.05) is 11.8 Å². The van der Waals surface area contributed by atoms with Gasteiger partial charge in [0.05, 0.1) is 0 Å². The van der Waals surface area contributed by atoms with Crippen LogP contribution in [0.2, 0.25) is 0 Å². The van der Waals surface area contributed by atoms with Gasteiger partial charge < -0.3 is 15.3 Å². The second-order valence-electron chi connectivity index (χ2n) is 6.15. The molecule has 0 fully saturated rings. The van der Waals surface area contributed by atoms with Gasteiger partial charge in [-0.15, -0.1) is 0 Å². The van der Waals surface area contributed by atoms with E-state index in [9.17, 15) is 9.59 Å². The van der Waals surface area contributed by atoms with Crippen molar-refractivity contribution in [1.29, 1.82) is 0 Å². The summed E-state index contributed by atoms with van der Waals surface area (Å²) in [5, 5.41) is 11.6. The highest BCUT2D eigenvalue weighted by Crippen LogP contribution is 2.12. The van der Waals surface area contributed by atoms with Gasteiger partial charge in [-0.25, -0.2) is 4.79 Å². The smallest absolute Gasteiger partial charge is 0.317 e. The predicted molar refractivity (Wildman–Crippen MR) is 85.4 cm³/mol. The van der Waals surface area contributed by atoms with Crippen molar-refractivity contribution in [1.82, 2.24) is 10.2 Å². The largest absolute Gasteiger partial charge is 0.481 e. The summed E-state index contributed by atoms with van der Waals surface area (Å²) in [7, 11) is 0. The molecule has 0 heterocycles. The first kappa shape index (κ1) is 19.7. The summed E-state index contributed by atoms with van der Waals surface area (Å²) in [6, 6.07) is 0.236. The van der Waals surface area contributed by atoms with Gasteiger partial charge in [0.1, 0.15) is 0 Å². The molecule has 1 atom stereocenters. The molecule has 5 heteroatoms. The molecule has 0 saturated carbocycles. The second-order valence-corrected chi connectivity index (χ2v) is 6.15. The van der Waals surface area contributed by atoms with Crippen molar-refractivity contribution >= 4 is 12.0 Å². The monoisotopic (exact) mass is 300 g/mol. The number of carbonyl (C=O) groups is 2. The third kappa shape index (κ3) is 8.58. The summed E-state index contributed by atoms with van der Waals surface area (Å²) in [5.41, 5.74) is 0. The van der Waals surface area contributed by atoms with E-state index >= 15 is 0 Å². The van der Waals surface area contributed by atoms with Gasteiger partial charge in [0, 0.05) is 25.0 Å². The Bertz CT molecular complexity index is 315. The summed E-state index contributed by atoms with van der Waals surface area (Å²) in [6.07, 6.45) is 3.33. The van der Waals surface area contributed by atoms with Gasteiger partial charge in [-0.3, -0.25) is 4.79 Å². The fraction of sp³-hybridized carbons (Fsp3) is 0.875. The number of hydrogen-bond acceptors (Lipinski definition) is 2. The van der Waals surface area contributed by atoms with E-state index in [-0.39, 0.29) is 24.5 Å². The van der Waals surface area contributed by atoms with Crippen LogP contribution in [0.3, 0.4) is 0 Å². The zero-order chi connectivity index (χ0) is 16.4. The molecule has 0 saturated heterocycles. The van der Waals surface area contributed by atoms with Crippen molar-refractivity contribution in [2.45, 2.75) is 78.8 Å². The van der Waals surface area contributed by atoms with Crippen LogP contribution in [-0.2, 0) is 4.79 Å². The van der Waals surface area contributed by atoms with E-state index in [4.69, 9.17) is 5.11 Å². The Morgan fingerprint density at radius 3 is 2.14 bits per heavy atom. The third-order valence-corrected chi connectivity index (χ3v) is 3.60. The molecule has 0 aromatic carbocycles. The molecule has 124 valence electrons. The third-order valence-electron chi connectivity index (χ3n) is 3.60. The van der Waals surface area contributed by atoms with Crippen molar-refractivity contribution in [3.63, 3.8) is 0 Å². The summed E-state index contributed by atoms with van der Waals surface area (Å²) in [4.78, 5) is 24.9. The van der Waals surface area contributed by atoms with Crippen molar-refractivity contribution < 1.29 is 14.7 Å². The van der Waals surface area contributed by atoms with Crippen LogP contribution in [0.4, 0.5) is 4.79 Å². The molecule has 2 N–H and O–H groups in total. The Kier molecular flexibility index (Phi) is 9.84. The molecule has 0 spiro atoms. The SMILES string of the molecule is CCC(CC)N(CC(C)C)C(=O)NC(C)CCCC(=O)O. The Morgan fingerprint density at radius 1 is 1.14 bits per heavy atom. The van der Waals surface area contributed by atoms with Crippen molar-refractivity contribution in [3.8, 4) is 0 Å². The first-order chi connectivity index (χ1) is 9.81. The van der Waals surface area contributed by atoms with Crippen molar-refractivity contribution in [3.05, 3.63) is 0 Å². The Morgan fingerprint density at radius 2 is 1.71 bits per heavy atom. The van der Waals surface area contributed by atoms with E-state index in [1.54, 1.807) is 0 Å². The first-order valence-corrected chi connectivity index (χ1v) is 8.10. The van der Waals surface area contributed by atoms with Crippen LogP contribution in [-0.4, -0.2) is 40.6 Å². The standard InChI is InChI=1S/C16H32N2O3/c1-6-14(7-2)18(11-12(3)4)16(21)17-13(5)9-8-10-15(19)20/h12-14H,6-11H2,1-5H3,(H,17,21)(H,19,20). The quantitative estimate of drug-likeness (QED) is 0.649. The fourth-order valence-electron chi connectivity index (χ4n) is 2.45. The minimum absolute atomic E-state index is 0.000810. The maximum atomic E-state index is 12.4. The van der Waals surface area contributed by atoms with Crippen molar-refractivity contribution in [2.75, 3.05) is 6.54 Å². The highest BCUT2D eigenvalue weighted by molar-refractivity contribution is 5.74. The number of amides is 2. The second kappa shape index (κ2) is 10.5. The zero-order valence-electron chi connectivity index (χ0n) is 14.2. The molecule has 0 aliphatic carbocycles. The number of carbonyl (C=O) groups excluding carboxylic acids is 1. The van der Waals surface area contributed by atoms with E-state index < -0.39 is 5.97 Å². The van der Waals surface area contributed by atoms with Gasteiger partial charge in [-0.05, 0) is 38.5 Å². The van der Waals surface area contributed by atoms with Crippen LogP contribution in [0.15, 0.2) is 0 Å². The normalized spacial score (nSPS) is 12.5. The number of nitrogens with zero attached hydrogens (tertiary/aromatic N) is 1. The van der Waals surface area contributed by atoms with Crippen LogP contribution < -0.4 is 5.32 Å². The number of carboxylic acids is 1. The lowest BCUT2D eigenvalue weighted by molar-refractivity contribution is -0.137. The highest BCUT2D eigenvalue weighted by Gasteiger charge is 2.22. The minimum Gasteiger partial charge on any atom is -0.481 e. The lowest BCUT2D eigenvalue weighted by Crippen LogP contribution is -2.49. The summed E-state index contributed by atoms with van der Waals surface area (Å²) in [5.74, 6) is -0.356. The van der Waals surface area contributed by atoms with Crippen molar-refractivity contribution in [2.24, 2.45) is 5.92 Å². The number of aliphatic carboxylic acids is 1. The van der Waals surface area contributed by atoms with E-state index in [0.29, 0.717) is 18.8 Å². The van der Waals surface area contributed by atoms with Gasteiger partial charge in [0.15, 0.2) is 0 Å². The van der Waals surface area contributed by atoms with Gasteiger partial charge in [0.2, 0.25) is 0 Å². The molecule has 5 nitrogen and oxygen atoms in total. The van der Waals surface area contributed by atoms with Crippen LogP contribution in [0, 0.1) is 5.92 Å². The lowest BCUT2D eigenvalue weighted by Gasteiger charge is -2.33. The van der Waals surface area contributed by atoms with Gasteiger partial charge in [0.25, 0.3) is 0 Å². The average Bonchev–Trinajstić information content (AvgIpc) is 2.37. The minimum atomic E-state index is -0.785. The molecule has 0 bridgehead atoms. The summed E-state index contributed by atoms with van der Waals surface area (Å²) < 4.78 is 0. The molecule has 0 aromatic rings. The maximum Gasteiger partial charge on any atom is 0.317 e. The highest BCUT2D eigenvalue weighted by atomic mass is 16.4. The van der Waals surface area contributed by atoms with Gasteiger partial charge >= 0.3 is 12.0 Å². The number of urea groups is 1. The number of carboxylic acid groups (broad SMARTS) is 1. The summed E-state index contributed by atoms with van der Waals surface area (Å²) >= 11 is 0. The van der Waals surface area contributed by atoms with Crippen LogP contribution in [0.5, 0.6) is 0 Å². The average molecular weight is 300 g/mol. The number of rotatable bonds is 10. The number of hydrogen-bond donors (Lipinski definition) is 2. The molecule has 0 aromatic heterocycles. The van der Waals surface area contributed by atoms with Gasteiger partial charge in [-0.2, -0.15) is 0 Å². The van der Waals surface area contributed by atoms with Crippen LogP contribution in [0.1, 0.15) is 66.7 Å². The molecule has 2 amide bonds. The zero-order valence-corrected chi connectivity index (χ0v) is 14.2. The van der Waals surface area contributed by atoms with E-state index in [0.717, 1.165) is 19.4 Å². The Hall–Kier alpha value is -1.26. The molecule has 21 heavy (non-hydrogen) atoms.